The van der Waals surface area contributed by atoms with Crippen LogP contribution in [0.4, 0.5) is 28.8 Å². The highest BCUT2D eigenvalue weighted by atomic mass is 32.1. The fourth-order valence-corrected chi connectivity index (χ4v) is 3.26. The number of anilines is 2. The summed E-state index contributed by atoms with van der Waals surface area (Å²) in [6.45, 7) is 0. The van der Waals surface area contributed by atoms with E-state index in [0.717, 1.165) is 40.3 Å². The van der Waals surface area contributed by atoms with Crippen LogP contribution in [0.5, 0.6) is 0 Å². The molecule has 4 rings (SSSR count). The second-order valence-electron chi connectivity index (χ2n) is 5.80. The zero-order valence-electron chi connectivity index (χ0n) is 14.8. The van der Waals surface area contributed by atoms with Crippen LogP contribution >= 0.6 is 11.3 Å². The van der Waals surface area contributed by atoms with Crippen molar-refractivity contribution < 1.29 is 18.0 Å². The Morgan fingerprint density at radius 2 is 1.83 bits per heavy atom. The standard InChI is InChI=1S/C17H11F3N8OS/c18-17(19,20)12-7-11(1-2-13(12)28-9-22-8-23-28)24-15(29)25-16-27-26-14(30-16)10-3-5-21-6-4-10/h1-9H,(H2,24,25,27,29). The first-order valence-corrected chi connectivity index (χ1v) is 9.10. The number of nitrogens with zero attached hydrogens (tertiary/aromatic N) is 6. The number of halogens is 3. The summed E-state index contributed by atoms with van der Waals surface area (Å²) in [5, 5.41) is 17.1. The number of carbonyl (C=O) groups is 1. The van der Waals surface area contributed by atoms with Crippen LogP contribution in [0, 0.1) is 0 Å². The van der Waals surface area contributed by atoms with Crippen molar-refractivity contribution in [2.24, 2.45) is 0 Å². The van der Waals surface area contributed by atoms with Gasteiger partial charge in [-0.15, -0.1) is 10.2 Å². The van der Waals surface area contributed by atoms with E-state index in [2.05, 4.69) is 35.9 Å². The normalized spacial score (nSPS) is 11.3. The predicted molar refractivity (Wildman–Crippen MR) is 102 cm³/mol. The van der Waals surface area contributed by atoms with Crippen molar-refractivity contribution in [3.63, 3.8) is 0 Å². The van der Waals surface area contributed by atoms with E-state index < -0.39 is 17.8 Å². The molecule has 3 aromatic heterocycles. The van der Waals surface area contributed by atoms with E-state index in [9.17, 15) is 18.0 Å². The Balaban J connectivity index is 1.50. The minimum absolute atomic E-state index is 0.0532. The maximum Gasteiger partial charge on any atom is 0.418 e. The Kier molecular flexibility index (Phi) is 5.10. The molecule has 0 saturated carbocycles. The number of hydrogen-bond donors (Lipinski definition) is 2. The molecule has 2 N–H and O–H groups in total. The number of urea groups is 1. The number of carbonyl (C=O) groups excluding carboxylic acids is 1. The van der Waals surface area contributed by atoms with Gasteiger partial charge in [0.25, 0.3) is 0 Å². The van der Waals surface area contributed by atoms with E-state index in [1.807, 2.05) is 0 Å². The Morgan fingerprint density at radius 3 is 2.53 bits per heavy atom. The number of alkyl halides is 3. The number of aromatic nitrogens is 6. The summed E-state index contributed by atoms with van der Waals surface area (Å²) >= 11 is 1.11. The highest BCUT2D eigenvalue weighted by Gasteiger charge is 2.34. The molecule has 30 heavy (non-hydrogen) atoms. The largest absolute Gasteiger partial charge is 0.418 e. The van der Waals surface area contributed by atoms with Crippen LogP contribution in [0.25, 0.3) is 16.3 Å². The molecule has 0 fully saturated rings. The van der Waals surface area contributed by atoms with Gasteiger partial charge in [-0.3, -0.25) is 10.3 Å². The molecule has 0 atom stereocenters. The van der Waals surface area contributed by atoms with Gasteiger partial charge in [0, 0.05) is 23.6 Å². The van der Waals surface area contributed by atoms with E-state index in [1.54, 1.807) is 24.5 Å². The summed E-state index contributed by atoms with van der Waals surface area (Å²) in [6.07, 6.45) is 0.811. The fourth-order valence-electron chi connectivity index (χ4n) is 2.52. The molecule has 0 aliphatic carbocycles. The number of rotatable bonds is 4. The lowest BCUT2D eigenvalue weighted by Gasteiger charge is -2.14. The summed E-state index contributed by atoms with van der Waals surface area (Å²) in [5.41, 5.74) is -0.462. The monoisotopic (exact) mass is 432 g/mol. The van der Waals surface area contributed by atoms with E-state index >= 15 is 0 Å². The van der Waals surface area contributed by atoms with Crippen LogP contribution in [0.3, 0.4) is 0 Å². The lowest BCUT2D eigenvalue weighted by Crippen LogP contribution is -2.20. The van der Waals surface area contributed by atoms with Crippen LogP contribution in [0.1, 0.15) is 5.56 Å². The average molecular weight is 432 g/mol. The predicted octanol–water partition coefficient (Wildman–Crippen LogP) is 3.84. The summed E-state index contributed by atoms with van der Waals surface area (Å²) in [6, 6.07) is 6.06. The first-order valence-electron chi connectivity index (χ1n) is 8.28. The van der Waals surface area contributed by atoms with Crippen LogP contribution < -0.4 is 10.6 Å². The van der Waals surface area contributed by atoms with Crippen LogP contribution in [-0.2, 0) is 6.18 Å². The summed E-state index contributed by atoms with van der Waals surface area (Å²) in [7, 11) is 0. The summed E-state index contributed by atoms with van der Waals surface area (Å²) < 4.78 is 41.4. The molecule has 0 spiro atoms. The van der Waals surface area contributed by atoms with E-state index in [-0.39, 0.29) is 16.5 Å². The van der Waals surface area contributed by atoms with Crippen molar-refractivity contribution in [1.82, 2.24) is 29.9 Å². The molecular weight excluding hydrogens is 421 g/mol. The Hall–Kier alpha value is -3.87. The molecule has 2 amide bonds. The second kappa shape index (κ2) is 7.87. The molecule has 9 nitrogen and oxygen atoms in total. The summed E-state index contributed by atoms with van der Waals surface area (Å²) in [4.78, 5) is 19.8. The third-order valence-electron chi connectivity index (χ3n) is 3.80. The van der Waals surface area contributed by atoms with Crippen molar-refractivity contribution in [1.29, 1.82) is 0 Å². The van der Waals surface area contributed by atoms with Gasteiger partial charge in [-0.1, -0.05) is 11.3 Å². The van der Waals surface area contributed by atoms with Crippen molar-refractivity contribution >= 4 is 28.2 Å². The van der Waals surface area contributed by atoms with Gasteiger partial charge in [0.1, 0.15) is 17.7 Å². The molecule has 4 aromatic rings. The molecule has 0 saturated heterocycles. The molecule has 0 aliphatic heterocycles. The molecule has 13 heteroatoms. The summed E-state index contributed by atoms with van der Waals surface area (Å²) in [5.74, 6) is 0. The molecule has 0 bridgehead atoms. The number of pyridine rings is 1. The Morgan fingerprint density at radius 1 is 1.03 bits per heavy atom. The molecule has 152 valence electrons. The molecule has 1 aromatic carbocycles. The SMILES string of the molecule is O=C(Nc1ccc(-n2cncn2)c(C(F)(F)F)c1)Nc1nnc(-c2ccncc2)s1. The van der Waals surface area contributed by atoms with Gasteiger partial charge in [-0.25, -0.2) is 14.5 Å². The van der Waals surface area contributed by atoms with Crippen molar-refractivity contribution in [3.05, 3.63) is 60.9 Å². The van der Waals surface area contributed by atoms with E-state index in [0.29, 0.717) is 5.01 Å². The van der Waals surface area contributed by atoms with Crippen molar-refractivity contribution in [2.45, 2.75) is 6.18 Å². The zero-order valence-corrected chi connectivity index (χ0v) is 15.6. The lowest BCUT2D eigenvalue weighted by molar-refractivity contribution is -0.137. The van der Waals surface area contributed by atoms with Gasteiger partial charge in [-0.05, 0) is 30.3 Å². The number of benzene rings is 1. The fraction of sp³-hybridized carbons (Fsp3) is 0.0588. The maximum atomic E-state index is 13.5. The minimum Gasteiger partial charge on any atom is -0.308 e. The number of amides is 2. The molecule has 3 heterocycles. The zero-order chi connectivity index (χ0) is 21.1. The molecule has 0 radical (unpaired) electrons. The second-order valence-corrected chi connectivity index (χ2v) is 6.77. The van der Waals surface area contributed by atoms with Gasteiger partial charge < -0.3 is 5.32 Å². The maximum absolute atomic E-state index is 13.5. The lowest BCUT2D eigenvalue weighted by atomic mass is 10.1. The molecule has 0 unspecified atom stereocenters. The third kappa shape index (κ3) is 4.25. The first kappa shape index (κ1) is 19.4. The van der Waals surface area contributed by atoms with Gasteiger partial charge >= 0.3 is 12.2 Å². The van der Waals surface area contributed by atoms with Crippen LogP contribution in [0.2, 0.25) is 0 Å². The van der Waals surface area contributed by atoms with Crippen LogP contribution in [0.15, 0.2) is 55.4 Å². The topological polar surface area (TPSA) is 111 Å². The van der Waals surface area contributed by atoms with E-state index in [4.69, 9.17) is 0 Å². The quantitative estimate of drug-likeness (QED) is 0.507. The third-order valence-corrected chi connectivity index (χ3v) is 4.69. The number of hydrogen-bond acceptors (Lipinski definition) is 7. The number of nitrogens with one attached hydrogen (secondary N) is 2. The average Bonchev–Trinajstić information content (AvgIpc) is 3.40. The first-order chi connectivity index (χ1) is 14.4. The Labute approximate surface area is 170 Å². The Bertz CT molecular complexity index is 1160. The van der Waals surface area contributed by atoms with Gasteiger partial charge in [-0.2, -0.15) is 18.3 Å². The highest BCUT2D eigenvalue weighted by molar-refractivity contribution is 7.18. The molecule has 0 aliphatic rings. The molecular formula is C17H11F3N8OS. The van der Waals surface area contributed by atoms with Gasteiger partial charge in [0.05, 0.1) is 11.3 Å². The van der Waals surface area contributed by atoms with E-state index in [1.165, 1.54) is 12.1 Å². The van der Waals surface area contributed by atoms with Crippen molar-refractivity contribution in [2.75, 3.05) is 10.6 Å². The van der Waals surface area contributed by atoms with Crippen LogP contribution in [-0.4, -0.2) is 36.0 Å². The smallest absolute Gasteiger partial charge is 0.308 e. The highest BCUT2D eigenvalue weighted by Crippen LogP contribution is 2.35. The van der Waals surface area contributed by atoms with Gasteiger partial charge in [0.2, 0.25) is 5.13 Å². The van der Waals surface area contributed by atoms with Crippen molar-refractivity contribution in [3.8, 4) is 16.3 Å². The van der Waals surface area contributed by atoms with Gasteiger partial charge in [0.15, 0.2) is 0 Å². The minimum atomic E-state index is -4.66.